The number of amidine groups is 1. The second-order valence-electron chi connectivity index (χ2n) is 4.15. The van der Waals surface area contributed by atoms with Gasteiger partial charge in [-0.3, -0.25) is 5.41 Å². The largest absolute Gasteiger partial charge is 0.384 e. The lowest BCUT2D eigenvalue weighted by Gasteiger charge is -2.30. The summed E-state index contributed by atoms with van der Waals surface area (Å²) in [7, 11) is 0. The average molecular weight is 251 g/mol. The van der Waals surface area contributed by atoms with Crippen molar-refractivity contribution in [3.05, 3.63) is 23.8 Å². The summed E-state index contributed by atoms with van der Waals surface area (Å²) >= 11 is 1.63. The van der Waals surface area contributed by atoms with Gasteiger partial charge in [0.2, 0.25) is 0 Å². The molecule has 0 unspecified atom stereocenters. The van der Waals surface area contributed by atoms with Crippen LogP contribution in [0.25, 0.3) is 0 Å². The lowest BCUT2D eigenvalue weighted by atomic mass is 10.1. The van der Waals surface area contributed by atoms with Crippen LogP contribution in [0.5, 0.6) is 0 Å². The standard InChI is InChI=1S/C13H21N3S/c1-5-16(9(2)3)10-7-6-8-11(17-4)12(10)13(14)15/h6-9H,5H2,1-4H3,(H3,14,15). The van der Waals surface area contributed by atoms with Crippen molar-refractivity contribution in [3.63, 3.8) is 0 Å². The van der Waals surface area contributed by atoms with Crippen LogP contribution in [-0.2, 0) is 0 Å². The molecular weight excluding hydrogens is 230 g/mol. The van der Waals surface area contributed by atoms with E-state index < -0.39 is 0 Å². The Kier molecular flexibility index (Phi) is 4.87. The molecule has 0 radical (unpaired) electrons. The predicted molar refractivity (Wildman–Crippen MR) is 77.4 cm³/mol. The highest BCUT2D eigenvalue weighted by Gasteiger charge is 2.17. The Balaban J connectivity index is 3.36. The van der Waals surface area contributed by atoms with Crippen LogP contribution in [0.2, 0.25) is 0 Å². The molecule has 17 heavy (non-hydrogen) atoms. The maximum atomic E-state index is 7.77. The van der Waals surface area contributed by atoms with Crippen LogP contribution < -0.4 is 10.6 Å². The number of nitrogens with zero attached hydrogens (tertiary/aromatic N) is 1. The summed E-state index contributed by atoms with van der Waals surface area (Å²) in [5.41, 5.74) is 7.64. The van der Waals surface area contributed by atoms with E-state index in [4.69, 9.17) is 11.1 Å². The van der Waals surface area contributed by atoms with Crippen LogP contribution in [0.1, 0.15) is 26.3 Å². The minimum atomic E-state index is 0.143. The van der Waals surface area contributed by atoms with Crippen molar-refractivity contribution in [1.82, 2.24) is 0 Å². The maximum absolute atomic E-state index is 7.77. The summed E-state index contributed by atoms with van der Waals surface area (Å²) in [6.45, 7) is 7.34. The van der Waals surface area contributed by atoms with Crippen molar-refractivity contribution in [2.45, 2.75) is 31.7 Å². The number of hydrogen-bond donors (Lipinski definition) is 2. The molecular formula is C13H21N3S. The fraction of sp³-hybridized carbons (Fsp3) is 0.462. The van der Waals surface area contributed by atoms with E-state index in [1.165, 1.54) is 0 Å². The molecule has 0 fully saturated rings. The molecule has 0 bridgehead atoms. The lowest BCUT2D eigenvalue weighted by molar-refractivity contribution is 0.702. The van der Waals surface area contributed by atoms with Gasteiger partial charge in [0, 0.05) is 23.2 Å². The van der Waals surface area contributed by atoms with E-state index in [9.17, 15) is 0 Å². The Morgan fingerprint density at radius 3 is 2.53 bits per heavy atom. The molecule has 3 nitrogen and oxygen atoms in total. The zero-order chi connectivity index (χ0) is 13.0. The third-order valence-corrected chi connectivity index (χ3v) is 3.55. The lowest BCUT2D eigenvalue weighted by Crippen LogP contribution is -2.32. The van der Waals surface area contributed by atoms with Gasteiger partial charge in [-0.25, -0.2) is 0 Å². The van der Waals surface area contributed by atoms with Gasteiger partial charge in [-0.2, -0.15) is 0 Å². The molecule has 0 spiro atoms. The summed E-state index contributed by atoms with van der Waals surface area (Å²) in [6, 6.07) is 6.48. The normalized spacial score (nSPS) is 10.6. The Morgan fingerprint density at radius 1 is 1.47 bits per heavy atom. The first-order valence-corrected chi connectivity index (χ1v) is 7.03. The van der Waals surface area contributed by atoms with Gasteiger partial charge in [-0.1, -0.05) is 6.07 Å². The zero-order valence-electron chi connectivity index (χ0n) is 10.9. The fourth-order valence-corrected chi connectivity index (χ4v) is 2.65. The van der Waals surface area contributed by atoms with Gasteiger partial charge in [-0.15, -0.1) is 11.8 Å². The van der Waals surface area contributed by atoms with Gasteiger partial charge < -0.3 is 10.6 Å². The molecule has 0 saturated heterocycles. The number of rotatable bonds is 5. The van der Waals surface area contributed by atoms with Crippen molar-refractivity contribution >= 4 is 23.3 Å². The van der Waals surface area contributed by atoms with Gasteiger partial charge in [0.05, 0.1) is 5.56 Å². The molecule has 94 valence electrons. The monoisotopic (exact) mass is 251 g/mol. The second-order valence-corrected chi connectivity index (χ2v) is 5.00. The average Bonchev–Trinajstić information content (AvgIpc) is 2.28. The SMILES string of the molecule is CCN(c1cccc(SC)c1C(=N)N)C(C)C. The van der Waals surface area contributed by atoms with E-state index in [-0.39, 0.29) is 5.84 Å². The van der Waals surface area contributed by atoms with Crippen LogP contribution >= 0.6 is 11.8 Å². The predicted octanol–water partition coefficient (Wildman–Crippen LogP) is 2.93. The van der Waals surface area contributed by atoms with Crippen molar-refractivity contribution in [2.75, 3.05) is 17.7 Å². The van der Waals surface area contributed by atoms with Crippen LogP contribution in [0.4, 0.5) is 5.69 Å². The van der Waals surface area contributed by atoms with Crippen LogP contribution in [-0.4, -0.2) is 24.7 Å². The summed E-state index contributed by atoms with van der Waals surface area (Å²) in [4.78, 5) is 3.32. The summed E-state index contributed by atoms with van der Waals surface area (Å²) in [5.74, 6) is 0.143. The first kappa shape index (κ1) is 13.9. The number of hydrogen-bond acceptors (Lipinski definition) is 3. The Hall–Kier alpha value is -1.16. The number of nitrogen functional groups attached to an aromatic ring is 1. The van der Waals surface area contributed by atoms with Crippen LogP contribution in [0.15, 0.2) is 23.1 Å². The van der Waals surface area contributed by atoms with Gasteiger partial charge in [-0.05, 0) is 39.2 Å². The smallest absolute Gasteiger partial charge is 0.126 e. The summed E-state index contributed by atoms with van der Waals surface area (Å²) < 4.78 is 0. The Labute approximate surface area is 108 Å². The highest BCUT2D eigenvalue weighted by molar-refractivity contribution is 7.98. The van der Waals surface area contributed by atoms with E-state index in [2.05, 4.69) is 25.7 Å². The van der Waals surface area contributed by atoms with Crippen molar-refractivity contribution in [1.29, 1.82) is 5.41 Å². The molecule has 0 aliphatic carbocycles. The van der Waals surface area contributed by atoms with Crippen molar-refractivity contribution in [2.24, 2.45) is 5.73 Å². The van der Waals surface area contributed by atoms with Gasteiger partial charge in [0.15, 0.2) is 0 Å². The topological polar surface area (TPSA) is 53.1 Å². The van der Waals surface area contributed by atoms with Gasteiger partial charge in [0.1, 0.15) is 5.84 Å². The number of thioether (sulfide) groups is 1. The van der Waals surface area contributed by atoms with Gasteiger partial charge >= 0.3 is 0 Å². The molecule has 0 heterocycles. The van der Waals surface area contributed by atoms with Crippen molar-refractivity contribution in [3.8, 4) is 0 Å². The first-order chi connectivity index (χ1) is 8.02. The molecule has 0 saturated carbocycles. The van der Waals surface area contributed by atoms with Gasteiger partial charge in [0.25, 0.3) is 0 Å². The van der Waals surface area contributed by atoms with E-state index in [0.29, 0.717) is 6.04 Å². The molecule has 0 aliphatic rings. The minimum absolute atomic E-state index is 0.143. The molecule has 4 heteroatoms. The molecule has 0 aliphatic heterocycles. The zero-order valence-corrected chi connectivity index (χ0v) is 11.8. The number of nitrogens with one attached hydrogen (secondary N) is 1. The number of nitrogens with two attached hydrogens (primary N) is 1. The molecule has 0 aromatic heterocycles. The summed E-state index contributed by atoms with van der Waals surface area (Å²) in [5, 5.41) is 7.77. The third kappa shape index (κ3) is 2.94. The number of benzene rings is 1. The molecule has 1 aromatic rings. The minimum Gasteiger partial charge on any atom is -0.384 e. The van der Waals surface area contributed by atoms with Crippen molar-refractivity contribution < 1.29 is 0 Å². The quantitative estimate of drug-likeness (QED) is 0.480. The first-order valence-electron chi connectivity index (χ1n) is 5.80. The third-order valence-electron chi connectivity index (χ3n) is 2.77. The van der Waals surface area contributed by atoms with E-state index in [1.807, 2.05) is 24.5 Å². The van der Waals surface area contributed by atoms with E-state index >= 15 is 0 Å². The van der Waals surface area contributed by atoms with E-state index in [0.717, 1.165) is 22.7 Å². The molecule has 1 rings (SSSR count). The van der Waals surface area contributed by atoms with Crippen LogP contribution in [0, 0.1) is 5.41 Å². The molecule has 3 N–H and O–H groups in total. The van der Waals surface area contributed by atoms with E-state index in [1.54, 1.807) is 11.8 Å². The molecule has 0 atom stereocenters. The second kappa shape index (κ2) is 5.96. The molecule has 1 aromatic carbocycles. The highest BCUT2D eigenvalue weighted by Crippen LogP contribution is 2.30. The molecule has 0 amide bonds. The number of anilines is 1. The Bertz CT molecular complexity index is 402. The van der Waals surface area contributed by atoms with Crippen LogP contribution in [0.3, 0.4) is 0 Å². The Morgan fingerprint density at radius 2 is 2.12 bits per heavy atom. The highest BCUT2D eigenvalue weighted by atomic mass is 32.2. The fourth-order valence-electron chi connectivity index (χ4n) is 2.01. The maximum Gasteiger partial charge on any atom is 0.126 e. The summed E-state index contributed by atoms with van der Waals surface area (Å²) in [6.07, 6.45) is 2.01.